The minimum Gasteiger partial charge on any atom is -0.480 e. The van der Waals surface area contributed by atoms with Crippen molar-refractivity contribution < 1.29 is 14.6 Å². The number of rotatable bonds is 6. The number of fused-ring (bicyclic) bond motifs is 1. The van der Waals surface area contributed by atoms with E-state index in [-0.39, 0.29) is 6.04 Å². The molecule has 19 heavy (non-hydrogen) atoms. The summed E-state index contributed by atoms with van der Waals surface area (Å²) in [5.74, 6) is 0.481. The van der Waals surface area contributed by atoms with Gasteiger partial charge in [-0.2, -0.15) is 0 Å². The molecule has 0 bridgehead atoms. The van der Waals surface area contributed by atoms with Crippen LogP contribution < -0.4 is 0 Å². The SMILES string of the molecule is CC(C)COCCN1C(C(=O)O)CC2CCCCC21. The maximum absolute atomic E-state index is 11.4. The monoisotopic (exact) mass is 269 g/mol. The summed E-state index contributed by atoms with van der Waals surface area (Å²) in [6, 6.07) is 0.202. The molecule has 0 spiro atoms. The summed E-state index contributed by atoms with van der Waals surface area (Å²) < 4.78 is 5.63. The fraction of sp³-hybridized carbons (Fsp3) is 0.933. The van der Waals surface area contributed by atoms with Gasteiger partial charge in [0.05, 0.1) is 6.61 Å². The predicted molar refractivity (Wildman–Crippen MR) is 74.1 cm³/mol. The number of likely N-dealkylation sites (tertiary alicyclic amines) is 1. The summed E-state index contributed by atoms with van der Waals surface area (Å²) in [5.41, 5.74) is 0. The van der Waals surface area contributed by atoms with Crippen LogP contribution >= 0.6 is 0 Å². The number of nitrogens with zero attached hydrogens (tertiary/aromatic N) is 1. The van der Waals surface area contributed by atoms with E-state index in [0.717, 1.165) is 19.6 Å². The van der Waals surface area contributed by atoms with Crippen LogP contribution in [0.3, 0.4) is 0 Å². The molecule has 2 aliphatic rings. The van der Waals surface area contributed by atoms with Crippen molar-refractivity contribution in [3.05, 3.63) is 0 Å². The van der Waals surface area contributed by atoms with Crippen LogP contribution in [0, 0.1) is 11.8 Å². The average Bonchev–Trinajstić information content (AvgIpc) is 2.73. The highest BCUT2D eigenvalue weighted by Gasteiger charge is 2.44. The lowest BCUT2D eigenvalue weighted by Gasteiger charge is -2.32. The third kappa shape index (κ3) is 3.69. The zero-order valence-electron chi connectivity index (χ0n) is 12.2. The first kappa shape index (κ1) is 14.8. The first-order chi connectivity index (χ1) is 9.09. The van der Waals surface area contributed by atoms with Gasteiger partial charge in [0.15, 0.2) is 0 Å². The fourth-order valence-electron chi connectivity index (χ4n) is 3.61. The van der Waals surface area contributed by atoms with E-state index in [1.54, 1.807) is 0 Å². The second-order valence-corrected chi connectivity index (χ2v) is 6.41. The van der Waals surface area contributed by atoms with Gasteiger partial charge in [-0.1, -0.05) is 26.7 Å². The Hall–Kier alpha value is -0.610. The highest BCUT2D eigenvalue weighted by Crippen LogP contribution is 2.39. The van der Waals surface area contributed by atoms with Crippen molar-refractivity contribution in [2.75, 3.05) is 19.8 Å². The Morgan fingerprint density at radius 2 is 2.11 bits per heavy atom. The molecule has 1 N–H and O–H groups in total. The summed E-state index contributed by atoms with van der Waals surface area (Å²) in [5, 5.41) is 9.39. The number of carbonyl (C=O) groups is 1. The van der Waals surface area contributed by atoms with Gasteiger partial charge in [0.25, 0.3) is 0 Å². The minimum atomic E-state index is -0.654. The highest BCUT2D eigenvalue weighted by molar-refractivity contribution is 5.74. The number of carboxylic acid groups (broad SMARTS) is 1. The van der Waals surface area contributed by atoms with Crippen molar-refractivity contribution in [1.29, 1.82) is 0 Å². The molecule has 0 aromatic carbocycles. The molecular formula is C15H27NO3. The Kier molecular flexibility index (Phi) is 5.22. The fourth-order valence-corrected chi connectivity index (χ4v) is 3.61. The number of carboxylic acids is 1. The lowest BCUT2D eigenvalue weighted by molar-refractivity contribution is -0.143. The van der Waals surface area contributed by atoms with Gasteiger partial charge in [0, 0.05) is 19.2 Å². The Morgan fingerprint density at radius 1 is 1.37 bits per heavy atom. The molecule has 0 aromatic rings. The van der Waals surface area contributed by atoms with Crippen LogP contribution in [0.15, 0.2) is 0 Å². The van der Waals surface area contributed by atoms with E-state index in [1.165, 1.54) is 25.7 Å². The lowest BCUT2D eigenvalue weighted by Crippen LogP contribution is -2.44. The molecule has 1 saturated carbocycles. The molecule has 4 heteroatoms. The number of hydrogen-bond donors (Lipinski definition) is 1. The van der Waals surface area contributed by atoms with Crippen molar-refractivity contribution in [1.82, 2.24) is 4.90 Å². The van der Waals surface area contributed by atoms with Crippen molar-refractivity contribution in [2.45, 2.75) is 58.0 Å². The molecule has 4 nitrogen and oxygen atoms in total. The lowest BCUT2D eigenvalue weighted by atomic mass is 9.85. The van der Waals surface area contributed by atoms with Crippen LogP contribution in [0.5, 0.6) is 0 Å². The van der Waals surface area contributed by atoms with E-state index < -0.39 is 5.97 Å². The van der Waals surface area contributed by atoms with Crippen molar-refractivity contribution in [3.63, 3.8) is 0 Å². The van der Waals surface area contributed by atoms with Gasteiger partial charge in [-0.25, -0.2) is 0 Å². The third-order valence-electron chi connectivity index (χ3n) is 4.45. The molecule has 110 valence electrons. The van der Waals surface area contributed by atoms with Gasteiger partial charge >= 0.3 is 5.97 Å². The van der Waals surface area contributed by atoms with Crippen LogP contribution in [0.25, 0.3) is 0 Å². The van der Waals surface area contributed by atoms with Crippen LogP contribution in [-0.4, -0.2) is 47.8 Å². The molecule has 3 unspecified atom stereocenters. The topological polar surface area (TPSA) is 49.8 Å². The molecule has 1 aliphatic carbocycles. The van der Waals surface area contributed by atoms with Crippen LogP contribution in [0.1, 0.15) is 46.0 Å². The largest absolute Gasteiger partial charge is 0.480 e. The quantitative estimate of drug-likeness (QED) is 0.752. The molecule has 0 amide bonds. The van der Waals surface area contributed by atoms with Crippen molar-refractivity contribution in [3.8, 4) is 0 Å². The maximum Gasteiger partial charge on any atom is 0.320 e. The molecule has 2 rings (SSSR count). The van der Waals surface area contributed by atoms with Gasteiger partial charge in [0.2, 0.25) is 0 Å². The Labute approximate surface area is 116 Å². The summed E-state index contributed by atoms with van der Waals surface area (Å²) in [6.45, 7) is 6.45. The van der Waals surface area contributed by atoms with Gasteiger partial charge in [-0.3, -0.25) is 9.69 Å². The average molecular weight is 269 g/mol. The van der Waals surface area contributed by atoms with E-state index in [4.69, 9.17) is 4.74 Å². The van der Waals surface area contributed by atoms with Crippen LogP contribution in [-0.2, 0) is 9.53 Å². The van der Waals surface area contributed by atoms with E-state index in [9.17, 15) is 9.90 Å². The first-order valence-electron chi connectivity index (χ1n) is 7.66. The Balaban J connectivity index is 1.88. The standard InChI is InChI=1S/C15H27NO3/c1-11(2)10-19-8-7-16-13-6-4-3-5-12(13)9-14(16)15(17)18/h11-14H,3-10H2,1-2H3,(H,17,18). The van der Waals surface area contributed by atoms with Gasteiger partial charge < -0.3 is 9.84 Å². The number of aliphatic carboxylic acids is 1. The molecule has 2 fully saturated rings. The molecule has 0 aromatic heterocycles. The van der Waals surface area contributed by atoms with Gasteiger partial charge in [0.1, 0.15) is 6.04 Å². The van der Waals surface area contributed by atoms with E-state index in [1.807, 2.05) is 0 Å². The van der Waals surface area contributed by atoms with Crippen molar-refractivity contribution >= 4 is 5.97 Å². The number of hydrogen-bond acceptors (Lipinski definition) is 3. The smallest absolute Gasteiger partial charge is 0.320 e. The predicted octanol–water partition coefficient (Wildman–Crippen LogP) is 2.38. The maximum atomic E-state index is 11.4. The van der Waals surface area contributed by atoms with Crippen LogP contribution in [0.4, 0.5) is 0 Å². The van der Waals surface area contributed by atoms with E-state index >= 15 is 0 Å². The molecule has 1 aliphatic heterocycles. The Morgan fingerprint density at radius 3 is 2.79 bits per heavy atom. The Bertz CT molecular complexity index is 306. The normalized spacial score (nSPS) is 31.6. The number of ether oxygens (including phenoxy) is 1. The summed E-state index contributed by atoms with van der Waals surface area (Å²) >= 11 is 0. The summed E-state index contributed by atoms with van der Waals surface area (Å²) in [6.07, 6.45) is 5.72. The first-order valence-corrected chi connectivity index (χ1v) is 7.66. The second-order valence-electron chi connectivity index (χ2n) is 6.41. The zero-order chi connectivity index (χ0) is 13.8. The van der Waals surface area contributed by atoms with Gasteiger partial charge in [-0.05, 0) is 31.1 Å². The molecular weight excluding hydrogens is 242 g/mol. The van der Waals surface area contributed by atoms with Crippen LogP contribution in [0.2, 0.25) is 0 Å². The molecule has 3 atom stereocenters. The molecule has 1 saturated heterocycles. The highest BCUT2D eigenvalue weighted by atomic mass is 16.5. The zero-order valence-corrected chi connectivity index (χ0v) is 12.2. The summed E-state index contributed by atoms with van der Waals surface area (Å²) in [4.78, 5) is 13.6. The minimum absolute atomic E-state index is 0.282. The summed E-state index contributed by atoms with van der Waals surface area (Å²) in [7, 11) is 0. The van der Waals surface area contributed by atoms with Crippen molar-refractivity contribution in [2.24, 2.45) is 11.8 Å². The van der Waals surface area contributed by atoms with E-state index in [2.05, 4.69) is 18.7 Å². The molecule has 1 heterocycles. The second kappa shape index (κ2) is 6.71. The molecule has 0 radical (unpaired) electrons. The van der Waals surface area contributed by atoms with E-state index in [0.29, 0.717) is 24.5 Å². The van der Waals surface area contributed by atoms with Gasteiger partial charge in [-0.15, -0.1) is 0 Å². The third-order valence-corrected chi connectivity index (χ3v) is 4.45.